The molecule has 1 heterocycles. The molecular formula is C22H37NO4. The van der Waals surface area contributed by atoms with Gasteiger partial charge in [0.2, 0.25) is 0 Å². The lowest BCUT2D eigenvalue weighted by Crippen LogP contribution is -2.51. The molecule has 2 aliphatic carbocycles. The molecular weight excluding hydrogens is 342 g/mol. The maximum Gasteiger partial charge on any atom is 0.130 e. The first-order valence-corrected chi connectivity index (χ1v) is 10.8. The van der Waals surface area contributed by atoms with Gasteiger partial charge in [0.25, 0.3) is 0 Å². The first-order valence-electron chi connectivity index (χ1n) is 10.8. The first-order chi connectivity index (χ1) is 13.1. The van der Waals surface area contributed by atoms with Crippen LogP contribution in [0.1, 0.15) is 51.9 Å². The Balaban J connectivity index is 1.55. The molecule has 27 heavy (non-hydrogen) atoms. The summed E-state index contributed by atoms with van der Waals surface area (Å²) in [6, 6.07) is 0.619. The summed E-state index contributed by atoms with van der Waals surface area (Å²) in [6.45, 7) is 6.38. The summed E-state index contributed by atoms with van der Waals surface area (Å²) in [6.07, 6.45) is 13.1. The number of rotatable bonds is 6. The Morgan fingerprint density at radius 1 is 1.11 bits per heavy atom. The van der Waals surface area contributed by atoms with Gasteiger partial charge in [-0.25, -0.2) is 0 Å². The third-order valence-corrected chi connectivity index (χ3v) is 7.25. The van der Waals surface area contributed by atoms with Crippen molar-refractivity contribution in [3.63, 3.8) is 0 Å². The average Bonchev–Trinajstić information content (AvgIpc) is 2.73. The number of hydrogen-bond acceptors (Lipinski definition) is 5. The monoisotopic (exact) mass is 379 g/mol. The Bertz CT molecular complexity index is 493. The molecule has 5 nitrogen and oxygen atoms in total. The number of morpholine rings is 1. The fraction of sp³-hybridized carbons (Fsp3) is 0.909. The normalized spacial score (nSPS) is 38.1. The highest BCUT2D eigenvalue weighted by Crippen LogP contribution is 2.45. The van der Waals surface area contributed by atoms with Crippen LogP contribution in [0.5, 0.6) is 0 Å². The van der Waals surface area contributed by atoms with Crippen LogP contribution in [0, 0.1) is 30.1 Å². The molecule has 4 atom stereocenters. The second-order valence-corrected chi connectivity index (χ2v) is 8.74. The minimum Gasteiger partial charge on any atom is -0.394 e. The SMILES string of the molecule is C#CC(O)(C1CCC(N2CCOCC2)CC1)C1CCC(OCCO)[C@H](C)C1. The molecule has 1 aliphatic heterocycles. The van der Waals surface area contributed by atoms with E-state index in [-0.39, 0.29) is 24.5 Å². The second-order valence-electron chi connectivity index (χ2n) is 8.74. The number of hydrogen-bond donors (Lipinski definition) is 2. The minimum atomic E-state index is -0.994. The predicted molar refractivity (Wildman–Crippen MR) is 105 cm³/mol. The summed E-state index contributed by atoms with van der Waals surface area (Å²) >= 11 is 0. The van der Waals surface area contributed by atoms with E-state index in [1.165, 1.54) is 0 Å². The molecule has 0 spiro atoms. The van der Waals surface area contributed by atoms with Crippen LogP contribution in [0.15, 0.2) is 0 Å². The highest BCUT2D eigenvalue weighted by molar-refractivity contribution is 5.15. The van der Waals surface area contributed by atoms with Gasteiger partial charge in [0.15, 0.2) is 0 Å². The third-order valence-electron chi connectivity index (χ3n) is 7.25. The molecule has 1 saturated heterocycles. The lowest BCUT2D eigenvalue weighted by Gasteiger charge is -2.47. The number of aliphatic hydroxyl groups excluding tert-OH is 1. The zero-order chi connectivity index (χ0) is 19.3. The Hall–Kier alpha value is -0.640. The lowest BCUT2D eigenvalue weighted by molar-refractivity contribution is -0.0911. The second kappa shape index (κ2) is 9.71. The van der Waals surface area contributed by atoms with Crippen molar-refractivity contribution in [3.8, 4) is 12.3 Å². The smallest absolute Gasteiger partial charge is 0.130 e. The maximum absolute atomic E-state index is 11.5. The quantitative estimate of drug-likeness (QED) is 0.692. The van der Waals surface area contributed by atoms with Gasteiger partial charge >= 0.3 is 0 Å². The maximum atomic E-state index is 11.5. The van der Waals surface area contributed by atoms with Gasteiger partial charge < -0.3 is 19.7 Å². The predicted octanol–water partition coefficient (Wildman–Crippen LogP) is 2.06. The van der Waals surface area contributed by atoms with Gasteiger partial charge in [0.05, 0.1) is 32.5 Å². The molecule has 0 aromatic heterocycles. The van der Waals surface area contributed by atoms with Crippen LogP contribution in [0.25, 0.3) is 0 Å². The molecule has 3 aliphatic rings. The summed E-state index contributed by atoms with van der Waals surface area (Å²) in [5.74, 6) is 3.54. The van der Waals surface area contributed by atoms with Gasteiger partial charge in [0.1, 0.15) is 5.60 Å². The fourth-order valence-electron chi connectivity index (χ4n) is 5.61. The van der Waals surface area contributed by atoms with Gasteiger partial charge in [-0.1, -0.05) is 12.8 Å². The van der Waals surface area contributed by atoms with E-state index in [1.807, 2.05) is 0 Å². The van der Waals surface area contributed by atoms with Crippen molar-refractivity contribution in [2.24, 2.45) is 17.8 Å². The van der Waals surface area contributed by atoms with Crippen LogP contribution < -0.4 is 0 Å². The van der Waals surface area contributed by atoms with E-state index in [2.05, 4.69) is 17.7 Å². The van der Waals surface area contributed by atoms with E-state index >= 15 is 0 Å². The zero-order valence-electron chi connectivity index (χ0n) is 16.8. The Morgan fingerprint density at radius 3 is 2.37 bits per heavy atom. The van der Waals surface area contributed by atoms with Crippen LogP contribution in [0.2, 0.25) is 0 Å². The number of nitrogens with zero attached hydrogens (tertiary/aromatic N) is 1. The van der Waals surface area contributed by atoms with Gasteiger partial charge in [-0.2, -0.15) is 0 Å². The topological polar surface area (TPSA) is 62.2 Å². The van der Waals surface area contributed by atoms with E-state index in [4.69, 9.17) is 21.0 Å². The molecule has 5 heteroatoms. The molecule has 154 valence electrons. The highest BCUT2D eigenvalue weighted by Gasteiger charge is 2.46. The molecule has 0 radical (unpaired) electrons. The van der Waals surface area contributed by atoms with Crippen LogP contribution in [-0.2, 0) is 9.47 Å². The minimum absolute atomic E-state index is 0.0628. The van der Waals surface area contributed by atoms with E-state index in [0.717, 1.165) is 71.2 Å². The highest BCUT2D eigenvalue weighted by atomic mass is 16.5. The van der Waals surface area contributed by atoms with Crippen molar-refractivity contribution in [1.82, 2.24) is 4.90 Å². The van der Waals surface area contributed by atoms with Gasteiger partial charge in [-0.3, -0.25) is 4.90 Å². The Labute approximate surface area is 164 Å². The Morgan fingerprint density at radius 2 is 1.78 bits per heavy atom. The van der Waals surface area contributed by atoms with Gasteiger partial charge in [0, 0.05) is 19.1 Å². The van der Waals surface area contributed by atoms with Crippen molar-refractivity contribution in [1.29, 1.82) is 0 Å². The van der Waals surface area contributed by atoms with Crippen LogP contribution in [0.3, 0.4) is 0 Å². The van der Waals surface area contributed by atoms with Crippen molar-refractivity contribution in [2.45, 2.75) is 69.6 Å². The van der Waals surface area contributed by atoms with Gasteiger partial charge in [-0.15, -0.1) is 6.42 Å². The molecule has 3 unspecified atom stereocenters. The molecule has 3 rings (SSSR count). The van der Waals surface area contributed by atoms with Gasteiger partial charge in [-0.05, 0) is 62.7 Å². The summed E-state index contributed by atoms with van der Waals surface area (Å²) in [5.41, 5.74) is -0.994. The van der Waals surface area contributed by atoms with Crippen molar-refractivity contribution < 1.29 is 19.7 Å². The molecule has 0 bridgehead atoms. The molecule has 0 aromatic rings. The summed E-state index contributed by atoms with van der Waals surface area (Å²) in [5, 5.41) is 20.5. The standard InChI is InChI=1S/C22H37NO4/c1-3-22(25,19-6-9-21(17(2)16-19)27-15-12-24)18-4-7-20(8-5-18)23-10-13-26-14-11-23/h1,17-21,24-25H,4-16H2,2H3/t17-,18?,19?,20?,21?,22?/m1/s1. The largest absolute Gasteiger partial charge is 0.394 e. The Kier molecular flexibility index (Phi) is 7.58. The average molecular weight is 380 g/mol. The van der Waals surface area contributed by atoms with E-state index in [9.17, 15) is 5.11 Å². The number of ether oxygens (including phenoxy) is 2. The van der Waals surface area contributed by atoms with Crippen LogP contribution in [-0.4, -0.2) is 72.4 Å². The van der Waals surface area contributed by atoms with Crippen LogP contribution in [0.4, 0.5) is 0 Å². The third kappa shape index (κ3) is 4.86. The first kappa shape index (κ1) is 21.1. The van der Waals surface area contributed by atoms with Crippen molar-refractivity contribution in [3.05, 3.63) is 0 Å². The molecule has 2 saturated carbocycles. The van der Waals surface area contributed by atoms with E-state index in [0.29, 0.717) is 18.6 Å². The summed E-state index contributed by atoms with van der Waals surface area (Å²) in [4.78, 5) is 2.56. The van der Waals surface area contributed by atoms with E-state index in [1.54, 1.807) is 0 Å². The summed E-state index contributed by atoms with van der Waals surface area (Å²) < 4.78 is 11.2. The summed E-state index contributed by atoms with van der Waals surface area (Å²) in [7, 11) is 0. The number of terminal acetylenes is 1. The molecule has 0 amide bonds. The van der Waals surface area contributed by atoms with Crippen molar-refractivity contribution >= 4 is 0 Å². The zero-order valence-corrected chi connectivity index (χ0v) is 16.8. The van der Waals surface area contributed by atoms with Crippen molar-refractivity contribution in [2.75, 3.05) is 39.5 Å². The van der Waals surface area contributed by atoms with Crippen LogP contribution >= 0.6 is 0 Å². The molecule has 3 fully saturated rings. The number of aliphatic hydroxyl groups is 2. The molecule has 0 aromatic carbocycles. The van der Waals surface area contributed by atoms with E-state index < -0.39 is 5.60 Å². The molecule has 2 N–H and O–H groups in total. The fourth-order valence-corrected chi connectivity index (χ4v) is 5.61. The lowest BCUT2D eigenvalue weighted by atomic mass is 9.64.